The van der Waals surface area contributed by atoms with Gasteiger partial charge in [-0.15, -0.1) is 0 Å². The number of benzene rings is 2. The Morgan fingerprint density at radius 3 is 2.71 bits per heavy atom. The fourth-order valence-electron chi connectivity index (χ4n) is 1.89. The molecule has 0 unspecified atom stereocenters. The first-order chi connectivity index (χ1) is 10.1. The molecule has 2 rings (SSSR count). The topological polar surface area (TPSA) is 46.5 Å². The van der Waals surface area contributed by atoms with E-state index in [1.807, 2.05) is 31.2 Å². The van der Waals surface area contributed by atoms with E-state index in [1.165, 1.54) is 18.2 Å². The highest BCUT2D eigenvalue weighted by atomic mass is 19.1. The van der Waals surface area contributed by atoms with E-state index in [9.17, 15) is 9.18 Å². The van der Waals surface area contributed by atoms with Crippen LogP contribution in [0.25, 0.3) is 6.08 Å². The first-order valence-electron chi connectivity index (χ1n) is 6.45. The maximum Gasteiger partial charge on any atom is 0.328 e. The number of halogens is 1. The number of carboxylic acid groups (broad SMARTS) is 1. The summed E-state index contributed by atoms with van der Waals surface area (Å²) < 4.78 is 19.4. The van der Waals surface area contributed by atoms with E-state index in [1.54, 1.807) is 6.07 Å². The second-order valence-electron chi connectivity index (χ2n) is 4.54. The molecular weight excluding hydrogens is 271 g/mol. The maximum absolute atomic E-state index is 13.9. The van der Waals surface area contributed by atoms with Gasteiger partial charge in [0.2, 0.25) is 0 Å². The molecule has 0 fully saturated rings. The van der Waals surface area contributed by atoms with E-state index < -0.39 is 11.8 Å². The number of ether oxygens (including phenoxy) is 1. The van der Waals surface area contributed by atoms with Crippen LogP contribution in [0.2, 0.25) is 0 Å². The predicted molar refractivity (Wildman–Crippen MR) is 78.6 cm³/mol. The smallest absolute Gasteiger partial charge is 0.328 e. The number of aliphatic carboxylic acids is 1. The first kappa shape index (κ1) is 14.8. The van der Waals surface area contributed by atoms with Crippen LogP contribution < -0.4 is 4.74 Å². The third kappa shape index (κ3) is 3.92. The highest BCUT2D eigenvalue weighted by Crippen LogP contribution is 2.25. The number of hydrogen-bond donors (Lipinski definition) is 1. The highest BCUT2D eigenvalue weighted by molar-refractivity contribution is 5.85. The largest absolute Gasteiger partial charge is 0.485 e. The SMILES string of the molecule is Cc1ccccc1COc1c(F)cccc1/C=C/C(=O)O. The van der Waals surface area contributed by atoms with Crippen molar-refractivity contribution < 1.29 is 19.0 Å². The van der Waals surface area contributed by atoms with Gasteiger partial charge in [-0.25, -0.2) is 9.18 Å². The molecule has 0 spiro atoms. The third-order valence-electron chi connectivity index (χ3n) is 3.04. The summed E-state index contributed by atoms with van der Waals surface area (Å²) >= 11 is 0. The van der Waals surface area contributed by atoms with Gasteiger partial charge in [-0.05, 0) is 30.2 Å². The van der Waals surface area contributed by atoms with E-state index in [2.05, 4.69) is 0 Å². The van der Waals surface area contributed by atoms with Gasteiger partial charge in [0.05, 0.1) is 0 Å². The summed E-state index contributed by atoms with van der Waals surface area (Å²) in [7, 11) is 0. The van der Waals surface area contributed by atoms with Gasteiger partial charge in [0, 0.05) is 11.6 Å². The Morgan fingerprint density at radius 1 is 1.24 bits per heavy atom. The van der Waals surface area contributed by atoms with Gasteiger partial charge in [0.25, 0.3) is 0 Å². The molecule has 21 heavy (non-hydrogen) atoms. The van der Waals surface area contributed by atoms with Crippen molar-refractivity contribution in [3.8, 4) is 5.75 Å². The van der Waals surface area contributed by atoms with Gasteiger partial charge < -0.3 is 9.84 Å². The average Bonchev–Trinajstić information content (AvgIpc) is 2.45. The number of aryl methyl sites for hydroxylation is 1. The summed E-state index contributed by atoms with van der Waals surface area (Å²) in [5, 5.41) is 8.66. The molecule has 0 saturated heterocycles. The zero-order valence-corrected chi connectivity index (χ0v) is 11.5. The zero-order chi connectivity index (χ0) is 15.2. The molecule has 0 aliphatic rings. The highest BCUT2D eigenvalue weighted by Gasteiger charge is 2.09. The minimum atomic E-state index is -1.09. The van der Waals surface area contributed by atoms with Gasteiger partial charge in [-0.2, -0.15) is 0 Å². The Labute approximate surface area is 122 Å². The molecule has 0 aromatic heterocycles. The Hall–Kier alpha value is -2.62. The Bertz CT molecular complexity index is 677. The molecule has 2 aromatic carbocycles. The summed E-state index contributed by atoms with van der Waals surface area (Å²) in [6, 6.07) is 12.1. The lowest BCUT2D eigenvalue weighted by molar-refractivity contribution is -0.131. The number of carbonyl (C=O) groups is 1. The summed E-state index contributed by atoms with van der Waals surface area (Å²) in [5.74, 6) is -1.56. The van der Waals surface area contributed by atoms with E-state index in [4.69, 9.17) is 9.84 Å². The number of rotatable bonds is 5. The second kappa shape index (κ2) is 6.70. The molecule has 4 heteroatoms. The van der Waals surface area contributed by atoms with Crippen LogP contribution in [0, 0.1) is 12.7 Å². The Kier molecular flexibility index (Phi) is 4.72. The first-order valence-corrected chi connectivity index (χ1v) is 6.45. The Balaban J connectivity index is 2.23. The molecule has 2 aromatic rings. The van der Waals surface area contributed by atoms with Gasteiger partial charge in [-0.1, -0.05) is 36.4 Å². The molecule has 0 saturated carbocycles. The molecule has 0 aliphatic carbocycles. The van der Waals surface area contributed by atoms with Crippen LogP contribution in [0.5, 0.6) is 5.75 Å². The van der Waals surface area contributed by atoms with Gasteiger partial charge in [0.15, 0.2) is 11.6 Å². The van der Waals surface area contributed by atoms with Crippen LogP contribution in [0.15, 0.2) is 48.5 Å². The minimum Gasteiger partial charge on any atom is -0.485 e. The van der Waals surface area contributed by atoms with Crippen molar-refractivity contribution >= 4 is 12.0 Å². The minimum absolute atomic E-state index is 0.0539. The quantitative estimate of drug-likeness (QED) is 0.850. The van der Waals surface area contributed by atoms with Crippen LogP contribution in [0.3, 0.4) is 0 Å². The van der Waals surface area contributed by atoms with Crippen LogP contribution >= 0.6 is 0 Å². The van der Waals surface area contributed by atoms with Crippen molar-refractivity contribution in [3.05, 3.63) is 71.0 Å². The van der Waals surface area contributed by atoms with Crippen molar-refractivity contribution in [2.75, 3.05) is 0 Å². The fraction of sp³-hybridized carbons (Fsp3) is 0.118. The van der Waals surface area contributed by atoms with Crippen molar-refractivity contribution in [1.29, 1.82) is 0 Å². The Morgan fingerprint density at radius 2 is 2.00 bits per heavy atom. The summed E-state index contributed by atoms with van der Waals surface area (Å²) in [5.41, 5.74) is 2.40. The van der Waals surface area contributed by atoms with E-state index in [0.29, 0.717) is 5.56 Å². The standard InChI is InChI=1S/C17H15FO3/c1-12-5-2-3-6-14(12)11-21-17-13(9-10-16(19)20)7-4-8-15(17)18/h2-10H,11H2,1H3,(H,19,20)/b10-9+. The van der Waals surface area contributed by atoms with E-state index >= 15 is 0 Å². The van der Waals surface area contributed by atoms with Gasteiger partial charge in [-0.3, -0.25) is 0 Å². The maximum atomic E-state index is 13.9. The molecule has 108 valence electrons. The molecule has 0 aliphatic heterocycles. The van der Waals surface area contributed by atoms with Gasteiger partial charge >= 0.3 is 5.97 Å². The third-order valence-corrected chi connectivity index (χ3v) is 3.04. The van der Waals surface area contributed by atoms with E-state index in [-0.39, 0.29) is 12.4 Å². The lowest BCUT2D eigenvalue weighted by atomic mass is 10.1. The average molecular weight is 286 g/mol. The molecule has 0 radical (unpaired) electrons. The van der Waals surface area contributed by atoms with Crippen LogP contribution in [-0.4, -0.2) is 11.1 Å². The molecule has 0 atom stereocenters. The molecule has 1 N–H and O–H groups in total. The van der Waals surface area contributed by atoms with Crippen LogP contribution in [-0.2, 0) is 11.4 Å². The monoisotopic (exact) mass is 286 g/mol. The van der Waals surface area contributed by atoms with E-state index in [0.717, 1.165) is 17.2 Å². The normalized spacial score (nSPS) is 10.8. The van der Waals surface area contributed by atoms with Gasteiger partial charge in [0.1, 0.15) is 6.61 Å². The number of hydrogen-bond acceptors (Lipinski definition) is 2. The summed E-state index contributed by atoms with van der Waals surface area (Å²) in [4.78, 5) is 10.6. The van der Waals surface area contributed by atoms with Crippen molar-refractivity contribution in [2.24, 2.45) is 0 Å². The fourth-order valence-corrected chi connectivity index (χ4v) is 1.89. The number of para-hydroxylation sites is 1. The molecule has 3 nitrogen and oxygen atoms in total. The molecule has 0 heterocycles. The van der Waals surface area contributed by atoms with Crippen molar-refractivity contribution in [1.82, 2.24) is 0 Å². The van der Waals surface area contributed by atoms with Crippen molar-refractivity contribution in [3.63, 3.8) is 0 Å². The lowest BCUT2D eigenvalue weighted by Gasteiger charge is -2.11. The predicted octanol–water partition coefficient (Wildman–Crippen LogP) is 3.81. The van der Waals surface area contributed by atoms with Crippen molar-refractivity contribution in [2.45, 2.75) is 13.5 Å². The van der Waals surface area contributed by atoms with Crippen LogP contribution in [0.4, 0.5) is 4.39 Å². The molecule has 0 amide bonds. The number of carboxylic acids is 1. The summed E-state index contributed by atoms with van der Waals surface area (Å²) in [6.45, 7) is 2.17. The second-order valence-corrected chi connectivity index (χ2v) is 4.54. The molecular formula is C17H15FO3. The molecule has 0 bridgehead atoms. The summed E-state index contributed by atoms with van der Waals surface area (Å²) in [6.07, 6.45) is 2.27. The lowest BCUT2D eigenvalue weighted by Crippen LogP contribution is -2.01. The zero-order valence-electron chi connectivity index (χ0n) is 11.5. The van der Waals surface area contributed by atoms with Crippen LogP contribution in [0.1, 0.15) is 16.7 Å².